The van der Waals surface area contributed by atoms with Gasteiger partial charge in [0.05, 0.1) is 0 Å². The molecule has 2 aromatic rings. The largest absolute Gasteiger partial charge is 0.476 e. The Hall–Kier alpha value is -2.51. The molecular weight excluding hydrogens is 236 g/mol. The molecule has 0 radical (unpaired) electrons. The van der Waals surface area contributed by atoms with E-state index in [1.807, 2.05) is 11.6 Å². The fraction of sp³-hybridized carbons (Fsp3) is 0.300. The van der Waals surface area contributed by atoms with E-state index in [1.165, 1.54) is 6.07 Å². The summed E-state index contributed by atoms with van der Waals surface area (Å²) in [6.45, 7) is 0.619. The molecule has 0 bridgehead atoms. The summed E-state index contributed by atoms with van der Waals surface area (Å²) in [5, 5.41) is 26.7. The molecule has 2 N–H and O–H groups in total. The topological polar surface area (TPSA) is 106 Å². The van der Waals surface area contributed by atoms with E-state index in [0.717, 1.165) is 5.82 Å². The predicted octanol–water partition coefficient (Wildman–Crippen LogP) is -0.0421. The molecular formula is C10H12N6O2. The van der Waals surface area contributed by atoms with Crippen molar-refractivity contribution < 1.29 is 9.90 Å². The lowest BCUT2D eigenvalue weighted by atomic mass is 10.3. The summed E-state index contributed by atoms with van der Waals surface area (Å²) in [6.07, 6.45) is 2.33. The Balaban J connectivity index is 1.87. The van der Waals surface area contributed by atoms with Gasteiger partial charge in [-0.3, -0.25) is 0 Å². The number of hydrogen-bond donors (Lipinski definition) is 2. The van der Waals surface area contributed by atoms with Gasteiger partial charge in [-0.1, -0.05) is 0 Å². The molecule has 0 aliphatic heterocycles. The Morgan fingerprint density at radius 1 is 1.39 bits per heavy atom. The zero-order chi connectivity index (χ0) is 13.0. The first kappa shape index (κ1) is 12.0. The summed E-state index contributed by atoms with van der Waals surface area (Å²) < 4.78 is 1.83. The van der Waals surface area contributed by atoms with Crippen molar-refractivity contribution in [2.24, 2.45) is 7.05 Å². The molecule has 0 aliphatic carbocycles. The Kier molecular flexibility index (Phi) is 3.46. The van der Waals surface area contributed by atoms with Crippen LogP contribution in [0.25, 0.3) is 0 Å². The number of aromatic carboxylic acids is 1. The van der Waals surface area contributed by atoms with Crippen LogP contribution in [0.2, 0.25) is 0 Å². The molecule has 8 nitrogen and oxygen atoms in total. The zero-order valence-corrected chi connectivity index (χ0v) is 9.74. The quantitative estimate of drug-likeness (QED) is 0.764. The number of carboxylic acid groups (broad SMARTS) is 1. The molecule has 0 saturated carbocycles. The molecule has 0 aromatic carbocycles. The van der Waals surface area contributed by atoms with Crippen LogP contribution in [-0.2, 0) is 13.5 Å². The maximum Gasteiger partial charge on any atom is 0.356 e. The highest BCUT2D eigenvalue weighted by Gasteiger charge is 2.05. The van der Waals surface area contributed by atoms with Gasteiger partial charge in [-0.2, -0.15) is 0 Å². The minimum Gasteiger partial charge on any atom is -0.476 e. The molecule has 2 aromatic heterocycles. The van der Waals surface area contributed by atoms with Crippen LogP contribution < -0.4 is 5.32 Å². The Morgan fingerprint density at radius 2 is 2.22 bits per heavy atom. The number of carbonyl (C=O) groups is 1. The van der Waals surface area contributed by atoms with Gasteiger partial charge in [-0.15, -0.1) is 20.4 Å². The third-order valence-corrected chi connectivity index (χ3v) is 2.34. The normalized spacial score (nSPS) is 10.3. The van der Waals surface area contributed by atoms with Gasteiger partial charge in [0.2, 0.25) is 0 Å². The van der Waals surface area contributed by atoms with Gasteiger partial charge in [0, 0.05) is 20.0 Å². The average molecular weight is 248 g/mol. The fourth-order valence-electron chi connectivity index (χ4n) is 1.38. The highest BCUT2D eigenvalue weighted by atomic mass is 16.4. The molecule has 0 saturated heterocycles. The maximum atomic E-state index is 10.6. The Morgan fingerprint density at radius 3 is 2.78 bits per heavy atom. The first-order valence-electron chi connectivity index (χ1n) is 5.30. The Bertz CT molecular complexity index is 536. The first-order valence-corrected chi connectivity index (χ1v) is 5.30. The average Bonchev–Trinajstić information content (AvgIpc) is 2.76. The molecule has 2 heterocycles. The molecule has 0 atom stereocenters. The number of aromatic nitrogens is 5. The lowest BCUT2D eigenvalue weighted by Crippen LogP contribution is -2.11. The second-order valence-corrected chi connectivity index (χ2v) is 3.64. The van der Waals surface area contributed by atoms with Crippen molar-refractivity contribution in [3.8, 4) is 0 Å². The van der Waals surface area contributed by atoms with Crippen molar-refractivity contribution in [2.75, 3.05) is 11.9 Å². The van der Waals surface area contributed by atoms with Crippen molar-refractivity contribution in [1.29, 1.82) is 0 Å². The maximum absolute atomic E-state index is 10.6. The molecule has 0 aliphatic rings. The van der Waals surface area contributed by atoms with Crippen molar-refractivity contribution in [3.63, 3.8) is 0 Å². The molecule has 0 fully saturated rings. The summed E-state index contributed by atoms with van der Waals surface area (Å²) in [7, 11) is 1.87. The molecule has 94 valence electrons. The van der Waals surface area contributed by atoms with E-state index in [4.69, 9.17) is 5.11 Å². The summed E-state index contributed by atoms with van der Waals surface area (Å²) in [5.41, 5.74) is -0.0751. The lowest BCUT2D eigenvalue weighted by Gasteiger charge is -2.04. The number of nitrogens with one attached hydrogen (secondary N) is 1. The van der Waals surface area contributed by atoms with Crippen LogP contribution in [0.3, 0.4) is 0 Å². The number of anilines is 1. The predicted molar refractivity (Wildman–Crippen MR) is 62.2 cm³/mol. The van der Waals surface area contributed by atoms with E-state index in [0.29, 0.717) is 18.8 Å². The molecule has 18 heavy (non-hydrogen) atoms. The zero-order valence-electron chi connectivity index (χ0n) is 9.74. The minimum atomic E-state index is -1.09. The van der Waals surface area contributed by atoms with Crippen molar-refractivity contribution in [3.05, 3.63) is 30.0 Å². The first-order chi connectivity index (χ1) is 8.66. The van der Waals surface area contributed by atoms with E-state index in [1.54, 1.807) is 12.4 Å². The van der Waals surface area contributed by atoms with E-state index >= 15 is 0 Å². The van der Waals surface area contributed by atoms with Gasteiger partial charge >= 0.3 is 5.97 Å². The van der Waals surface area contributed by atoms with E-state index in [2.05, 4.69) is 25.7 Å². The van der Waals surface area contributed by atoms with E-state index < -0.39 is 5.97 Å². The van der Waals surface area contributed by atoms with Crippen LogP contribution in [0.5, 0.6) is 0 Å². The number of carboxylic acids is 1. The fourth-order valence-corrected chi connectivity index (χ4v) is 1.38. The highest BCUT2D eigenvalue weighted by Crippen LogP contribution is 2.02. The van der Waals surface area contributed by atoms with Gasteiger partial charge in [0.25, 0.3) is 0 Å². The highest BCUT2D eigenvalue weighted by molar-refractivity contribution is 5.85. The van der Waals surface area contributed by atoms with Gasteiger partial charge in [0.15, 0.2) is 5.69 Å². The van der Waals surface area contributed by atoms with Crippen molar-refractivity contribution in [2.45, 2.75) is 6.42 Å². The van der Waals surface area contributed by atoms with Crippen LogP contribution in [0.15, 0.2) is 18.5 Å². The summed E-state index contributed by atoms with van der Waals surface area (Å²) in [4.78, 5) is 10.6. The molecule has 8 heteroatoms. The molecule has 0 spiro atoms. The third kappa shape index (κ3) is 2.78. The van der Waals surface area contributed by atoms with Gasteiger partial charge in [-0.25, -0.2) is 4.79 Å². The molecule has 2 rings (SSSR count). The smallest absolute Gasteiger partial charge is 0.356 e. The van der Waals surface area contributed by atoms with E-state index in [-0.39, 0.29) is 5.69 Å². The second-order valence-electron chi connectivity index (χ2n) is 3.64. The number of rotatable bonds is 5. The summed E-state index contributed by atoms with van der Waals surface area (Å²) in [6, 6.07) is 2.98. The van der Waals surface area contributed by atoms with Crippen molar-refractivity contribution in [1.82, 2.24) is 25.0 Å². The van der Waals surface area contributed by atoms with Gasteiger partial charge in [-0.05, 0) is 12.1 Å². The van der Waals surface area contributed by atoms with E-state index in [9.17, 15) is 4.79 Å². The summed E-state index contributed by atoms with van der Waals surface area (Å²) >= 11 is 0. The van der Waals surface area contributed by atoms with Crippen LogP contribution in [-0.4, -0.2) is 42.6 Å². The minimum absolute atomic E-state index is 0.0751. The van der Waals surface area contributed by atoms with Crippen LogP contribution >= 0.6 is 0 Å². The number of hydrogen-bond acceptors (Lipinski definition) is 6. The molecule has 0 unspecified atom stereocenters. The number of aryl methyl sites for hydroxylation is 1. The second kappa shape index (κ2) is 5.21. The van der Waals surface area contributed by atoms with Crippen LogP contribution in [0, 0.1) is 0 Å². The third-order valence-electron chi connectivity index (χ3n) is 2.34. The van der Waals surface area contributed by atoms with Crippen molar-refractivity contribution >= 4 is 11.8 Å². The molecule has 0 amide bonds. The SMILES string of the molecule is Cn1cnnc1CCNc1ccc(C(=O)O)nn1. The van der Waals surface area contributed by atoms with Gasteiger partial charge in [0.1, 0.15) is 18.0 Å². The monoisotopic (exact) mass is 248 g/mol. The van der Waals surface area contributed by atoms with Crippen LogP contribution in [0.4, 0.5) is 5.82 Å². The summed E-state index contributed by atoms with van der Waals surface area (Å²) in [5.74, 6) is 0.299. The lowest BCUT2D eigenvalue weighted by molar-refractivity contribution is 0.0689. The Labute approximate surface area is 103 Å². The number of nitrogens with zero attached hydrogens (tertiary/aromatic N) is 5. The van der Waals surface area contributed by atoms with Crippen LogP contribution in [0.1, 0.15) is 16.3 Å². The van der Waals surface area contributed by atoms with Gasteiger partial charge < -0.3 is 15.0 Å². The standard InChI is InChI=1S/C10H12N6O2/c1-16-6-12-15-9(16)4-5-11-8-3-2-7(10(17)18)13-14-8/h2-3,6H,4-5H2,1H3,(H,11,14)(H,17,18).